The molecule has 0 unspecified atom stereocenters. The number of carbonyl (C=O) groups is 1. The number of fused-ring (bicyclic) bond motifs is 1. The van der Waals surface area contributed by atoms with E-state index in [-0.39, 0.29) is 5.91 Å². The first-order chi connectivity index (χ1) is 17.0. The minimum Gasteiger partial charge on any atom is -0.497 e. The molecule has 0 bridgehead atoms. The van der Waals surface area contributed by atoms with Crippen LogP contribution in [-0.4, -0.2) is 48.0 Å². The fourth-order valence-corrected chi connectivity index (χ4v) is 4.39. The third-order valence-corrected chi connectivity index (χ3v) is 6.79. The Morgan fingerprint density at radius 1 is 1.11 bits per heavy atom. The van der Waals surface area contributed by atoms with Gasteiger partial charge < -0.3 is 19.4 Å². The van der Waals surface area contributed by atoms with Crippen molar-refractivity contribution in [2.24, 2.45) is 0 Å². The van der Waals surface area contributed by atoms with Crippen molar-refractivity contribution in [3.8, 4) is 17.2 Å². The van der Waals surface area contributed by atoms with Crippen LogP contribution in [0.1, 0.15) is 40.7 Å². The molecule has 2 aromatic heterocycles. The van der Waals surface area contributed by atoms with E-state index in [2.05, 4.69) is 33.3 Å². The number of hydrogen-bond donors (Lipinski definition) is 1. The molecule has 1 saturated heterocycles. The molecule has 3 heterocycles. The van der Waals surface area contributed by atoms with E-state index in [9.17, 15) is 4.79 Å². The van der Waals surface area contributed by atoms with E-state index in [1.54, 1.807) is 31.8 Å². The molecule has 7 nitrogen and oxygen atoms in total. The fraction of sp³-hybridized carbons (Fsp3) is 0.321. The molecular formula is C28H30N4O3. The van der Waals surface area contributed by atoms with Crippen LogP contribution in [0.3, 0.4) is 0 Å². The van der Waals surface area contributed by atoms with Gasteiger partial charge in [0.1, 0.15) is 12.0 Å². The van der Waals surface area contributed by atoms with E-state index in [4.69, 9.17) is 9.15 Å². The van der Waals surface area contributed by atoms with Crippen LogP contribution in [0, 0.1) is 6.92 Å². The maximum Gasteiger partial charge on any atom is 0.252 e. The highest BCUT2D eigenvalue weighted by molar-refractivity contribution is 5.97. The van der Waals surface area contributed by atoms with Gasteiger partial charge in [0.2, 0.25) is 5.89 Å². The molecule has 1 aliphatic heterocycles. The van der Waals surface area contributed by atoms with Gasteiger partial charge in [-0.1, -0.05) is 12.1 Å². The quantitative estimate of drug-likeness (QED) is 0.445. The van der Waals surface area contributed by atoms with Crippen molar-refractivity contribution < 1.29 is 13.9 Å². The van der Waals surface area contributed by atoms with Crippen LogP contribution < -0.4 is 10.1 Å². The molecule has 7 heteroatoms. The molecule has 1 N–H and O–H groups in total. The number of nitrogens with zero attached hydrogens (tertiary/aromatic N) is 3. The summed E-state index contributed by atoms with van der Waals surface area (Å²) in [6.07, 6.45) is 8.08. The summed E-state index contributed by atoms with van der Waals surface area (Å²) in [5, 5.41) is 4.30. The van der Waals surface area contributed by atoms with Gasteiger partial charge in [0.15, 0.2) is 0 Å². The van der Waals surface area contributed by atoms with E-state index in [0.717, 1.165) is 40.4 Å². The number of oxazole rings is 1. The first-order valence-corrected chi connectivity index (χ1v) is 11.9. The summed E-state index contributed by atoms with van der Waals surface area (Å²) >= 11 is 0. The van der Waals surface area contributed by atoms with Crippen LogP contribution in [0.15, 0.2) is 65.5 Å². The smallest absolute Gasteiger partial charge is 0.252 e. The van der Waals surface area contributed by atoms with Crippen LogP contribution in [0.5, 0.6) is 5.75 Å². The summed E-state index contributed by atoms with van der Waals surface area (Å²) in [4.78, 5) is 24.3. The number of carbonyl (C=O) groups excluding carboxylic acids is 1. The number of rotatable bonds is 5. The number of benzene rings is 2. The molecule has 0 atom stereocenters. The molecular weight excluding hydrogens is 440 g/mol. The lowest BCUT2D eigenvalue weighted by molar-refractivity contribution is 0.0930. The third kappa shape index (κ3) is 4.77. The maximum absolute atomic E-state index is 13.2. The van der Waals surface area contributed by atoms with Gasteiger partial charge in [-0.2, -0.15) is 0 Å². The average Bonchev–Trinajstić information content (AvgIpc) is 3.42. The van der Waals surface area contributed by atoms with Crippen molar-refractivity contribution in [3.05, 3.63) is 77.8 Å². The lowest BCUT2D eigenvalue weighted by atomic mass is 9.95. The zero-order valence-corrected chi connectivity index (χ0v) is 20.4. The van der Waals surface area contributed by atoms with E-state index in [1.165, 1.54) is 19.5 Å². The summed E-state index contributed by atoms with van der Waals surface area (Å²) in [6.45, 7) is 4.57. The number of ether oxygens (including phenoxy) is 1. The zero-order chi connectivity index (χ0) is 24.4. The van der Waals surface area contributed by atoms with Gasteiger partial charge in [-0.05, 0) is 87.8 Å². The molecule has 4 aromatic rings. The third-order valence-electron chi connectivity index (χ3n) is 6.79. The highest BCUT2D eigenvalue weighted by atomic mass is 16.5. The number of likely N-dealkylation sites (tertiary alicyclic amines) is 1. The van der Waals surface area contributed by atoms with E-state index in [0.29, 0.717) is 17.2 Å². The van der Waals surface area contributed by atoms with Crippen molar-refractivity contribution in [2.45, 2.75) is 31.7 Å². The summed E-state index contributed by atoms with van der Waals surface area (Å²) in [7, 11) is 3.74. The van der Waals surface area contributed by atoms with Gasteiger partial charge in [0.05, 0.1) is 24.4 Å². The number of aryl methyl sites for hydroxylation is 1. The number of nitrogens with one attached hydrogen (secondary N) is 1. The lowest BCUT2D eigenvalue weighted by Crippen LogP contribution is -2.35. The van der Waals surface area contributed by atoms with Gasteiger partial charge in [0, 0.05) is 22.7 Å². The Balaban J connectivity index is 0.000000453. The van der Waals surface area contributed by atoms with Crippen LogP contribution in [0.4, 0.5) is 0 Å². The van der Waals surface area contributed by atoms with Gasteiger partial charge >= 0.3 is 0 Å². The SMILES string of the molecule is CN1CCC1.COc1ccc(C)c(C(=O)NC2(c3cc(-c4ncco4)cc4ncccc34)CC2)c1. The van der Waals surface area contributed by atoms with Crippen LogP contribution in [-0.2, 0) is 5.54 Å². The Labute approximate surface area is 205 Å². The predicted octanol–water partition coefficient (Wildman–Crippen LogP) is 4.95. The molecule has 0 spiro atoms. The van der Waals surface area contributed by atoms with Crippen molar-refractivity contribution in [1.82, 2.24) is 20.2 Å². The molecule has 2 fully saturated rings. The normalized spacial score (nSPS) is 16.1. The lowest BCUT2D eigenvalue weighted by Gasteiger charge is -2.24. The second kappa shape index (κ2) is 9.50. The minimum atomic E-state index is -0.434. The number of pyridine rings is 1. The highest BCUT2D eigenvalue weighted by Crippen LogP contribution is 2.49. The largest absolute Gasteiger partial charge is 0.497 e. The highest BCUT2D eigenvalue weighted by Gasteiger charge is 2.47. The standard InChI is InChI=1S/C24H21N3O3.C4H9N/c1-15-5-6-17(29-2)14-19(15)22(28)27-24(7-8-24)20-12-16(23-26-10-11-30-23)13-21-18(20)4-3-9-25-21;1-5-3-2-4-5/h3-6,9-14H,7-8H2,1-2H3,(H,27,28);2-4H2,1H3. The molecule has 1 saturated carbocycles. The van der Waals surface area contributed by atoms with Crippen LogP contribution >= 0.6 is 0 Å². The first-order valence-electron chi connectivity index (χ1n) is 11.9. The first kappa shape index (κ1) is 23.1. The number of methoxy groups -OCH3 is 1. The van der Waals surface area contributed by atoms with Crippen molar-refractivity contribution in [2.75, 3.05) is 27.2 Å². The topological polar surface area (TPSA) is 80.5 Å². The summed E-state index contributed by atoms with van der Waals surface area (Å²) in [5.74, 6) is 1.09. The molecule has 2 aromatic carbocycles. The monoisotopic (exact) mass is 470 g/mol. The maximum atomic E-state index is 13.2. The van der Waals surface area contributed by atoms with Gasteiger partial charge in [0.25, 0.3) is 5.91 Å². The molecule has 1 amide bonds. The van der Waals surface area contributed by atoms with E-state index in [1.807, 2.05) is 37.3 Å². The predicted molar refractivity (Wildman–Crippen MR) is 135 cm³/mol. The molecule has 0 radical (unpaired) electrons. The molecule has 6 rings (SSSR count). The Bertz CT molecular complexity index is 1340. The number of aromatic nitrogens is 2. The summed E-state index contributed by atoms with van der Waals surface area (Å²) in [5.41, 5.74) is 3.82. The summed E-state index contributed by atoms with van der Waals surface area (Å²) < 4.78 is 10.8. The molecule has 1 aliphatic carbocycles. The van der Waals surface area contributed by atoms with Crippen LogP contribution in [0.2, 0.25) is 0 Å². The van der Waals surface area contributed by atoms with Crippen LogP contribution in [0.25, 0.3) is 22.4 Å². The second-order valence-corrected chi connectivity index (χ2v) is 9.31. The number of amides is 1. The molecule has 2 aliphatic rings. The van der Waals surface area contributed by atoms with Crippen molar-refractivity contribution in [1.29, 1.82) is 0 Å². The van der Waals surface area contributed by atoms with Crippen molar-refractivity contribution >= 4 is 16.8 Å². The van der Waals surface area contributed by atoms with E-state index < -0.39 is 5.54 Å². The fourth-order valence-electron chi connectivity index (χ4n) is 4.39. The second-order valence-electron chi connectivity index (χ2n) is 9.31. The Hall–Kier alpha value is -3.71. The average molecular weight is 471 g/mol. The summed E-state index contributed by atoms with van der Waals surface area (Å²) in [6, 6.07) is 13.5. The minimum absolute atomic E-state index is 0.109. The van der Waals surface area contributed by atoms with Gasteiger partial charge in [-0.3, -0.25) is 9.78 Å². The Morgan fingerprint density at radius 3 is 2.54 bits per heavy atom. The zero-order valence-electron chi connectivity index (χ0n) is 20.4. The Morgan fingerprint density at radius 2 is 1.91 bits per heavy atom. The number of hydrogen-bond acceptors (Lipinski definition) is 6. The van der Waals surface area contributed by atoms with Gasteiger partial charge in [-0.15, -0.1) is 0 Å². The molecule has 180 valence electrons. The molecule has 35 heavy (non-hydrogen) atoms. The van der Waals surface area contributed by atoms with Gasteiger partial charge in [-0.25, -0.2) is 4.98 Å². The Kier molecular flexibility index (Phi) is 6.26. The van der Waals surface area contributed by atoms with Crippen molar-refractivity contribution in [3.63, 3.8) is 0 Å². The van der Waals surface area contributed by atoms with E-state index >= 15 is 0 Å².